The SMILES string of the molecule is C[Si]1(C)c2c(C3=C(CCCO)C=CC3)cc3c(c21)[CH]([Zr+2])c1ccccc1-3.[Cl-].[Cl-]. The van der Waals surface area contributed by atoms with Crippen molar-refractivity contribution in [3.8, 4) is 11.1 Å². The van der Waals surface area contributed by atoms with Gasteiger partial charge in [0, 0.05) is 0 Å². The Kier molecular flexibility index (Phi) is 6.36. The Bertz CT molecular complexity index is 1010. The normalized spacial score (nSPS) is 19.5. The van der Waals surface area contributed by atoms with E-state index in [9.17, 15) is 5.11 Å². The average molecular weight is 506 g/mol. The van der Waals surface area contributed by atoms with E-state index < -0.39 is 8.07 Å². The fourth-order valence-electron chi connectivity index (χ4n) is 5.09. The fourth-order valence-corrected chi connectivity index (χ4v) is 10.6. The van der Waals surface area contributed by atoms with Crippen LogP contribution in [0.1, 0.15) is 39.6 Å². The Morgan fingerprint density at radius 1 is 1.07 bits per heavy atom. The van der Waals surface area contributed by atoms with Crippen LogP contribution in [0.3, 0.4) is 0 Å². The number of halogens is 2. The van der Waals surface area contributed by atoms with Gasteiger partial charge in [-0.15, -0.1) is 0 Å². The molecular formula is C23H23Cl2OSiZr. The van der Waals surface area contributed by atoms with E-state index in [1.54, 1.807) is 40.7 Å². The number of allylic oxidation sites excluding steroid dienone is 4. The van der Waals surface area contributed by atoms with Crippen LogP contribution >= 0.6 is 0 Å². The predicted molar refractivity (Wildman–Crippen MR) is 107 cm³/mol. The molecule has 0 radical (unpaired) electrons. The topological polar surface area (TPSA) is 20.2 Å². The van der Waals surface area contributed by atoms with Crippen LogP contribution in [-0.2, 0) is 24.7 Å². The first kappa shape index (κ1) is 22.2. The molecule has 2 aromatic rings. The Hall–Kier alpha value is -0.440. The van der Waals surface area contributed by atoms with Gasteiger partial charge >= 0.3 is 172 Å². The first-order valence-corrected chi connectivity index (χ1v) is 14.0. The second-order valence-corrected chi connectivity index (χ2v) is 13.9. The van der Waals surface area contributed by atoms with E-state index in [0.29, 0.717) is 3.63 Å². The zero-order valence-corrected chi connectivity index (χ0v) is 21.1. The summed E-state index contributed by atoms with van der Waals surface area (Å²) in [5.41, 5.74) is 10.7. The van der Waals surface area contributed by atoms with Crippen molar-refractivity contribution in [2.24, 2.45) is 0 Å². The first-order chi connectivity index (χ1) is 12.6. The van der Waals surface area contributed by atoms with Crippen molar-refractivity contribution in [2.75, 3.05) is 6.61 Å². The molecular weight excluding hydrogens is 482 g/mol. The fraction of sp³-hybridized carbons (Fsp3) is 0.304. The summed E-state index contributed by atoms with van der Waals surface area (Å²) in [6, 6.07) is 11.6. The van der Waals surface area contributed by atoms with E-state index in [1.807, 2.05) is 0 Å². The summed E-state index contributed by atoms with van der Waals surface area (Å²) < 4.78 is 0.620. The summed E-state index contributed by atoms with van der Waals surface area (Å²) in [5.74, 6) is 0. The Balaban J connectivity index is 0.00000112. The van der Waals surface area contributed by atoms with Crippen molar-refractivity contribution in [1.29, 1.82) is 0 Å². The third-order valence-corrected chi connectivity index (χ3v) is 11.1. The summed E-state index contributed by atoms with van der Waals surface area (Å²) >= 11 is 1.61. The van der Waals surface area contributed by atoms with Crippen molar-refractivity contribution >= 4 is 24.0 Å². The zero-order chi connectivity index (χ0) is 18.1. The summed E-state index contributed by atoms with van der Waals surface area (Å²) in [6.07, 6.45) is 7.51. The molecule has 28 heavy (non-hydrogen) atoms. The molecule has 1 atom stereocenters. The minimum absolute atomic E-state index is 0. The van der Waals surface area contributed by atoms with Gasteiger partial charge in [0.05, 0.1) is 0 Å². The molecule has 0 saturated heterocycles. The van der Waals surface area contributed by atoms with Gasteiger partial charge in [-0.3, -0.25) is 0 Å². The van der Waals surface area contributed by atoms with Crippen molar-refractivity contribution in [1.82, 2.24) is 0 Å². The van der Waals surface area contributed by atoms with E-state index in [-0.39, 0.29) is 31.4 Å². The quantitative estimate of drug-likeness (QED) is 0.474. The molecule has 0 amide bonds. The minimum atomic E-state index is -1.41. The number of rotatable bonds is 4. The maximum absolute atomic E-state index is 9.26. The monoisotopic (exact) mass is 503 g/mol. The van der Waals surface area contributed by atoms with Gasteiger partial charge in [0.2, 0.25) is 0 Å². The van der Waals surface area contributed by atoms with E-state index in [4.69, 9.17) is 0 Å². The molecule has 2 aliphatic carbocycles. The molecule has 0 spiro atoms. The number of aliphatic hydroxyl groups is 1. The number of aliphatic hydroxyl groups excluding tert-OH is 1. The zero-order valence-electron chi connectivity index (χ0n) is 16.2. The van der Waals surface area contributed by atoms with Gasteiger partial charge < -0.3 is 24.8 Å². The van der Waals surface area contributed by atoms with Gasteiger partial charge in [-0.2, -0.15) is 0 Å². The van der Waals surface area contributed by atoms with Crippen molar-refractivity contribution in [2.45, 2.75) is 36.0 Å². The Morgan fingerprint density at radius 3 is 2.57 bits per heavy atom. The van der Waals surface area contributed by atoms with E-state index in [1.165, 1.54) is 33.4 Å². The van der Waals surface area contributed by atoms with Crippen LogP contribution in [-0.4, -0.2) is 19.8 Å². The summed E-state index contributed by atoms with van der Waals surface area (Å²) in [4.78, 5) is 0. The smallest absolute Gasteiger partial charge is 1.00 e. The van der Waals surface area contributed by atoms with Gasteiger partial charge in [0.15, 0.2) is 0 Å². The number of hydrogen-bond acceptors (Lipinski definition) is 1. The number of hydrogen-bond donors (Lipinski definition) is 1. The van der Waals surface area contributed by atoms with Gasteiger partial charge in [-0.1, -0.05) is 0 Å². The molecule has 1 heterocycles. The van der Waals surface area contributed by atoms with Gasteiger partial charge in [0.25, 0.3) is 0 Å². The standard InChI is InChI=1S/C23H23OSi.2ClH.Zr/c1-25(2)22-20-13-16-7-3-4-10-18(16)19(20)14-21(23(22)25)17-11-5-8-15(17)9-6-12-24;;;/h3-5,7-8,10,13-14,24H,6,9,11-12H2,1-2H3;2*1H;/q;;;+2/p-2. The molecule has 1 unspecified atom stereocenters. The second-order valence-electron chi connectivity index (χ2n) is 8.22. The van der Waals surface area contributed by atoms with Crippen LogP contribution in [0.5, 0.6) is 0 Å². The Labute approximate surface area is 196 Å². The second kappa shape index (κ2) is 8.00. The molecule has 1 nitrogen and oxygen atoms in total. The van der Waals surface area contributed by atoms with E-state index in [2.05, 4.69) is 55.6 Å². The Morgan fingerprint density at radius 2 is 1.82 bits per heavy atom. The summed E-state index contributed by atoms with van der Waals surface area (Å²) in [6.45, 7) is 5.34. The third-order valence-electron chi connectivity index (χ3n) is 6.36. The molecule has 0 aromatic heterocycles. The molecule has 5 heteroatoms. The maximum atomic E-state index is 9.26. The van der Waals surface area contributed by atoms with Crippen molar-refractivity contribution < 1.29 is 54.6 Å². The summed E-state index contributed by atoms with van der Waals surface area (Å²) in [7, 11) is -1.41. The minimum Gasteiger partial charge on any atom is -1.00 e. The molecule has 1 aliphatic heterocycles. The van der Waals surface area contributed by atoms with E-state index >= 15 is 0 Å². The van der Waals surface area contributed by atoms with Crippen LogP contribution in [0, 0.1) is 0 Å². The van der Waals surface area contributed by atoms with Crippen molar-refractivity contribution in [3.05, 3.63) is 64.7 Å². The summed E-state index contributed by atoms with van der Waals surface area (Å²) in [5, 5.41) is 12.7. The number of benzene rings is 2. The maximum Gasteiger partial charge on any atom is -1.00 e. The molecule has 0 saturated carbocycles. The molecule has 0 bridgehead atoms. The predicted octanol–water partition coefficient (Wildman–Crippen LogP) is -2.07. The largest absolute Gasteiger partial charge is 1.00 e. The van der Waals surface area contributed by atoms with Crippen LogP contribution in [0.4, 0.5) is 0 Å². The van der Waals surface area contributed by atoms with Crippen LogP contribution in [0.2, 0.25) is 13.1 Å². The van der Waals surface area contributed by atoms with Gasteiger partial charge in [0.1, 0.15) is 0 Å². The van der Waals surface area contributed by atoms with Crippen molar-refractivity contribution in [3.63, 3.8) is 0 Å². The average Bonchev–Trinajstić information content (AvgIpc) is 2.98. The van der Waals surface area contributed by atoms with Gasteiger partial charge in [-0.05, 0) is 0 Å². The van der Waals surface area contributed by atoms with E-state index in [0.717, 1.165) is 19.3 Å². The number of fused-ring (bicyclic) bond motifs is 5. The van der Waals surface area contributed by atoms with Crippen LogP contribution < -0.4 is 35.2 Å². The molecule has 0 fully saturated rings. The first-order valence-electron chi connectivity index (χ1n) is 9.57. The van der Waals surface area contributed by atoms with Gasteiger partial charge in [-0.25, -0.2) is 0 Å². The molecule has 5 rings (SSSR count). The molecule has 2 aromatic carbocycles. The molecule has 1 N–H and O–H groups in total. The molecule has 143 valence electrons. The third kappa shape index (κ3) is 3.10. The van der Waals surface area contributed by atoms with Crippen LogP contribution in [0.25, 0.3) is 16.7 Å². The molecule has 3 aliphatic rings. The van der Waals surface area contributed by atoms with Crippen LogP contribution in [0.15, 0.2) is 48.1 Å².